The Balaban J connectivity index is 1.91. The van der Waals surface area contributed by atoms with Gasteiger partial charge in [0, 0.05) is 16.4 Å². The van der Waals surface area contributed by atoms with Crippen LogP contribution in [0.2, 0.25) is 0 Å². The molecule has 1 unspecified atom stereocenters. The SMILES string of the molecule is Cc1cc(C)c(C(=O)[PH](=O)c2cccc(-c3ccccc3)c2-c2ccccc2)c(C)c1. The molecule has 0 aliphatic rings. The van der Waals surface area contributed by atoms with Gasteiger partial charge in [-0.2, -0.15) is 0 Å². The molecular formula is C28H25O2P. The molecule has 0 amide bonds. The van der Waals surface area contributed by atoms with Crippen molar-refractivity contribution in [2.75, 3.05) is 0 Å². The molecule has 3 heteroatoms. The number of hydrogen-bond acceptors (Lipinski definition) is 2. The van der Waals surface area contributed by atoms with E-state index in [1.807, 2.05) is 112 Å². The Morgan fingerprint density at radius 1 is 0.677 bits per heavy atom. The normalized spacial score (nSPS) is 11.8. The van der Waals surface area contributed by atoms with Crippen molar-refractivity contribution in [1.82, 2.24) is 0 Å². The number of rotatable bonds is 5. The van der Waals surface area contributed by atoms with Crippen molar-refractivity contribution in [2.24, 2.45) is 0 Å². The lowest BCUT2D eigenvalue weighted by Gasteiger charge is -2.17. The highest BCUT2D eigenvalue weighted by molar-refractivity contribution is 7.71. The lowest BCUT2D eigenvalue weighted by atomic mass is 9.94. The third-order valence-corrected chi connectivity index (χ3v) is 7.14. The summed E-state index contributed by atoms with van der Waals surface area (Å²) in [6, 6.07) is 29.7. The Hall–Kier alpha value is -3.22. The summed E-state index contributed by atoms with van der Waals surface area (Å²) in [5, 5.41) is 0.613. The topological polar surface area (TPSA) is 34.1 Å². The van der Waals surface area contributed by atoms with Gasteiger partial charge in [-0.25, -0.2) is 0 Å². The largest absolute Gasteiger partial charge is 0.313 e. The average molecular weight is 424 g/mol. The van der Waals surface area contributed by atoms with Crippen LogP contribution < -0.4 is 5.30 Å². The van der Waals surface area contributed by atoms with Gasteiger partial charge in [-0.05, 0) is 48.6 Å². The Labute approximate surface area is 184 Å². The molecule has 0 radical (unpaired) electrons. The molecule has 154 valence electrons. The summed E-state index contributed by atoms with van der Waals surface area (Å²) in [5.41, 5.74) is 7.00. The summed E-state index contributed by atoms with van der Waals surface area (Å²) in [5.74, 6) is 0. The first-order valence-electron chi connectivity index (χ1n) is 10.4. The average Bonchev–Trinajstić information content (AvgIpc) is 2.78. The van der Waals surface area contributed by atoms with E-state index in [2.05, 4.69) is 0 Å². The van der Waals surface area contributed by atoms with Crippen molar-refractivity contribution < 1.29 is 9.36 Å². The molecule has 0 N–H and O–H groups in total. The Bertz CT molecular complexity index is 1250. The molecule has 0 aromatic heterocycles. The first-order valence-corrected chi connectivity index (χ1v) is 11.8. The van der Waals surface area contributed by atoms with Crippen LogP contribution in [0.4, 0.5) is 0 Å². The minimum absolute atomic E-state index is 0.276. The summed E-state index contributed by atoms with van der Waals surface area (Å²) in [7, 11) is -2.75. The van der Waals surface area contributed by atoms with E-state index in [0.29, 0.717) is 10.9 Å². The molecule has 4 rings (SSSR count). The van der Waals surface area contributed by atoms with Gasteiger partial charge < -0.3 is 4.57 Å². The minimum Gasteiger partial charge on any atom is -0.313 e. The summed E-state index contributed by atoms with van der Waals surface area (Å²) in [4.78, 5) is 13.5. The van der Waals surface area contributed by atoms with Crippen molar-refractivity contribution in [3.05, 3.63) is 113 Å². The molecule has 2 nitrogen and oxygen atoms in total. The van der Waals surface area contributed by atoms with Crippen LogP contribution >= 0.6 is 7.80 Å². The van der Waals surface area contributed by atoms with Crippen LogP contribution in [0.3, 0.4) is 0 Å². The minimum atomic E-state index is -2.75. The second kappa shape index (κ2) is 8.88. The standard InChI is InChI=1S/C28H25O2P/c1-19-17-20(2)26(21(3)18-19)28(29)31(30)25-16-10-15-24(22-11-6-4-7-12-22)27(25)23-13-8-5-9-14-23/h4-18,31H,1-3H3. The molecule has 4 aromatic rings. The first-order chi connectivity index (χ1) is 15.0. The highest BCUT2D eigenvalue weighted by Gasteiger charge is 2.24. The molecule has 0 heterocycles. The van der Waals surface area contributed by atoms with Gasteiger partial charge in [0.1, 0.15) is 0 Å². The maximum Gasteiger partial charge on any atom is 0.223 e. The lowest BCUT2D eigenvalue weighted by Crippen LogP contribution is -2.11. The third-order valence-electron chi connectivity index (χ3n) is 5.57. The maximum absolute atomic E-state index is 13.7. The third kappa shape index (κ3) is 4.17. The van der Waals surface area contributed by atoms with Crippen LogP contribution in [-0.4, -0.2) is 5.52 Å². The molecule has 0 aliphatic heterocycles. The van der Waals surface area contributed by atoms with Gasteiger partial charge >= 0.3 is 0 Å². The Morgan fingerprint density at radius 3 is 1.81 bits per heavy atom. The zero-order valence-corrected chi connectivity index (χ0v) is 19.0. The highest BCUT2D eigenvalue weighted by atomic mass is 31.1. The molecule has 0 saturated heterocycles. The van der Waals surface area contributed by atoms with Gasteiger partial charge in [0.15, 0.2) is 7.80 Å². The number of carbonyl (C=O) groups excluding carboxylic acids is 1. The van der Waals surface area contributed by atoms with Crippen LogP contribution in [0.1, 0.15) is 27.0 Å². The van der Waals surface area contributed by atoms with Crippen LogP contribution in [-0.2, 0) is 4.57 Å². The number of benzene rings is 4. The van der Waals surface area contributed by atoms with Gasteiger partial charge in [0.2, 0.25) is 5.52 Å². The smallest absolute Gasteiger partial charge is 0.223 e. The van der Waals surface area contributed by atoms with Crippen molar-refractivity contribution in [3.8, 4) is 22.3 Å². The molecule has 0 spiro atoms. The second-order valence-electron chi connectivity index (χ2n) is 7.89. The zero-order chi connectivity index (χ0) is 22.0. The molecular weight excluding hydrogens is 399 g/mol. The van der Waals surface area contributed by atoms with Gasteiger partial charge in [-0.15, -0.1) is 0 Å². The van der Waals surface area contributed by atoms with Crippen LogP contribution in [0.15, 0.2) is 91.0 Å². The van der Waals surface area contributed by atoms with Gasteiger partial charge in [-0.3, -0.25) is 4.79 Å². The molecule has 0 aliphatic carbocycles. The zero-order valence-electron chi connectivity index (χ0n) is 18.0. The van der Waals surface area contributed by atoms with E-state index in [4.69, 9.17) is 0 Å². The van der Waals surface area contributed by atoms with Crippen LogP contribution in [0.25, 0.3) is 22.3 Å². The first kappa shape index (κ1) is 21.0. The van der Waals surface area contributed by atoms with Crippen LogP contribution in [0.5, 0.6) is 0 Å². The van der Waals surface area contributed by atoms with E-state index < -0.39 is 7.80 Å². The van der Waals surface area contributed by atoms with E-state index in [0.717, 1.165) is 38.9 Å². The summed E-state index contributed by atoms with van der Waals surface area (Å²) < 4.78 is 13.7. The molecule has 31 heavy (non-hydrogen) atoms. The summed E-state index contributed by atoms with van der Waals surface area (Å²) in [6.07, 6.45) is 0. The molecule has 4 aromatic carbocycles. The van der Waals surface area contributed by atoms with E-state index >= 15 is 0 Å². The summed E-state index contributed by atoms with van der Waals surface area (Å²) in [6.45, 7) is 5.84. The predicted molar refractivity (Wildman–Crippen MR) is 131 cm³/mol. The molecule has 1 atom stereocenters. The highest BCUT2D eigenvalue weighted by Crippen LogP contribution is 2.38. The van der Waals surface area contributed by atoms with Crippen molar-refractivity contribution in [2.45, 2.75) is 20.8 Å². The van der Waals surface area contributed by atoms with Crippen molar-refractivity contribution >= 4 is 18.6 Å². The fraction of sp³-hybridized carbons (Fsp3) is 0.107. The van der Waals surface area contributed by atoms with E-state index in [1.54, 1.807) is 0 Å². The van der Waals surface area contributed by atoms with Gasteiger partial charge in [0.05, 0.1) is 0 Å². The van der Waals surface area contributed by atoms with Gasteiger partial charge in [-0.1, -0.05) is 96.6 Å². The Kier molecular flexibility index (Phi) is 6.02. The van der Waals surface area contributed by atoms with Crippen molar-refractivity contribution in [1.29, 1.82) is 0 Å². The van der Waals surface area contributed by atoms with Crippen molar-refractivity contribution in [3.63, 3.8) is 0 Å². The maximum atomic E-state index is 13.7. The Morgan fingerprint density at radius 2 is 1.23 bits per heavy atom. The van der Waals surface area contributed by atoms with E-state index in [1.165, 1.54) is 0 Å². The fourth-order valence-electron chi connectivity index (χ4n) is 4.29. The monoisotopic (exact) mass is 424 g/mol. The number of carbonyl (C=O) groups is 1. The fourth-order valence-corrected chi connectivity index (χ4v) is 5.91. The van der Waals surface area contributed by atoms with Crippen LogP contribution in [0, 0.1) is 20.8 Å². The molecule has 0 fully saturated rings. The lowest BCUT2D eigenvalue weighted by molar-refractivity contribution is 0.107. The number of aryl methyl sites for hydroxylation is 3. The quantitative estimate of drug-likeness (QED) is 0.324. The second-order valence-corrected chi connectivity index (χ2v) is 9.54. The number of hydrogen-bond donors (Lipinski definition) is 0. The molecule has 0 saturated carbocycles. The van der Waals surface area contributed by atoms with Gasteiger partial charge in [0.25, 0.3) is 0 Å². The van der Waals surface area contributed by atoms with E-state index in [-0.39, 0.29) is 5.52 Å². The predicted octanol–water partition coefficient (Wildman–Crippen LogP) is 6.97. The molecule has 0 bridgehead atoms. The summed E-state index contributed by atoms with van der Waals surface area (Å²) >= 11 is 0. The van der Waals surface area contributed by atoms with E-state index in [9.17, 15) is 9.36 Å².